The van der Waals surface area contributed by atoms with Gasteiger partial charge in [0.25, 0.3) is 0 Å². The third-order valence-electron chi connectivity index (χ3n) is 3.49. The van der Waals surface area contributed by atoms with Gasteiger partial charge in [-0.15, -0.1) is 0 Å². The summed E-state index contributed by atoms with van der Waals surface area (Å²) in [7, 11) is 0. The highest BCUT2D eigenvalue weighted by Crippen LogP contribution is 2.26. The molecule has 0 aromatic rings. The van der Waals surface area contributed by atoms with Crippen LogP contribution in [0, 0.1) is 5.41 Å². The first kappa shape index (κ1) is 14.4. The SMILES string of the molecule is CC(C)(C)CCN1CCN2C(C(F)(F)F)=NNC2C1. The first-order valence-electron chi connectivity index (χ1n) is 6.56. The molecule has 19 heavy (non-hydrogen) atoms. The van der Waals surface area contributed by atoms with E-state index in [1.54, 1.807) is 0 Å². The van der Waals surface area contributed by atoms with Crippen molar-refractivity contribution in [3.63, 3.8) is 0 Å². The molecule has 0 aromatic heterocycles. The molecule has 110 valence electrons. The second-order valence-electron chi connectivity index (χ2n) is 6.38. The largest absolute Gasteiger partial charge is 0.451 e. The van der Waals surface area contributed by atoms with Crippen molar-refractivity contribution in [2.24, 2.45) is 10.5 Å². The first-order chi connectivity index (χ1) is 8.67. The number of hydrazone groups is 1. The van der Waals surface area contributed by atoms with Crippen LogP contribution < -0.4 is 5.43 Å². The van der Waals surface area contributed by atoms with Crippen molar-refractivity contribution in [1.29, 1.82) is 0 Å². The molecule has 2 aliphatic heterocycles. The van der Waals surface area contributed by atoms with E-state index in [2.05, 4.69) is 36.2 Å². The average molecular weight is 278 g/mol. The van der Waals surface area contributed by atoms with Gasteiger partial charge >= 0.3 is 6.18 Å². The molecule has 2 heterocycles. The highest BCUT2D eigenvalue weighted by atomic mass is 19.4. The zero-order chi connectivity index (χ0) is 14.3. The first-order valence-corrected chi connectivity index (χ1v) is 6.56. The molecule has 0 spiro atoms. The summed E-state index contributed by atoms with van der Waals surface area (Å²) < 4.78 is 38.1. The van der Waals surface area contributed by atoms with E-state index in [9.17, 15) is 13.2 Å². The third-order valence-corrected chi connectivity index (χ3v) is 3.49. The molecular weight excluding hydrogens is 257 g/mol. The number of piperazine rings is 1. The number of fused-ring (bicyclic) bond motifs is 1. The van der Waals surface area contributed by atoms with Crippen LogP contribution in [0.1, 0.15) is 27.2 Å². The summed E-state index contributed by atoms with van der Waals surface area (Å²) >= 11 is 0. The van der Waals surface area contributed by atoms with Gasteiger partial charge in [0.1, 0.15) is 6.17 Å². The Kier molecular flexibility index (Phi) is 3.68. The lowest BCUT2D eigenvalue weighted by Gasteiger charge is -2.39. The van der Waals surface area contributed by atoms with E-state index in [4.69, 9.17) is 0 Å². The van der Waals surface area contributed by atoms with Gasteiger partial charge in [0.05, 0.1) is 0 Å². The molecule has 0 aromatic carbocycles. The Morgan fingerprint density at radius 1 is 1.26 bits per heavy atom. The Labute approximate surface area is 111 Å². The fourth-order valence-electron chi connectivity index (χ4n) is 2.33. The van der Waals surface area contributed by atoms with Crippen molar-refractivity contribution >= 4 is 5.84 Å². The van der Waals surface area contributed by atoms with Gasteiger partial charge in [0.15, 0.2) is 0 Å². The van der Waals surface area contributed by atoms with E-state index in [-0.39, 0.29) is 11.6 Å². The smallest absolute Gasteiger partial charge is 0.327 e. The van der Waals surface area contributed by atoms with Crippen LogP contribution >= 0.6 is 0 Å². The summed E-state index contributed by atoms with van der Waals surface area (Å²) in [6.45, 7) is 9.03. The third kappa shape index (κ3) is 3.52. The molecule has 1 unspecified atom stereocenters. The molecule has 1 N–H and O–H groups in total. The summed E-state index contributed by atoms with van der Waals surface area (Å²) in [6, 6.07) is 0. The van der Waals surface area contributed by atoms with Crippen molar-refractivity contribution in [2.75, 3.05) is 26.2 Å². The minimum Gasteiger partial charge on any atom is -0.327 e. The number of nitrogens with one attached hydrogen (secondary N) is 1. The minimum absolute atomic E-state index is 0.244. The summed E-state index contributed by atoms with van der Waals surface area (Å²) in [6.07, 6.45) is -3.67. The Morgan fingerprint density at radius 3 is 2.53 bits per heavy atom. The van der Waals surface area contributed by atoms with Crippen molar-refractivity contribution in [2.45, 2.75) is 39.5 Å². The number of amidine groups is 1. The summed E-state index contributed by atoms with van der Waals surface area (Å²) in [5, 5.41) is 3.44. The average Bonchev–Trinajstić information content (AvgIpc) is 2.67. The molecule has 2 rings (SSSR count). The molecule has 1 atom stereocenters. The zero-order valence-corrected chi connectivity index (χ0v) is 11.6. The van der Waals surface area contributed by atoms with Gasteiger partial charge in [-0.05, 0) is 18.4 Å². The van der Waals surface area contributed by atoms with Crippen LogP contribution in [0.25, 0.3) is 0 Å². The predicted octanol–water partition coefficient (Wildman–Crippen LogP) is 1.85. The Balaban J connectivity index is 1.88. The summed E-state index contributed by atoms with van der Waals surface area (Å²) in [4.78, 5) is 3.53. The lowest BCUT2D eigenvalue weighted by molar-refractivity contribution is -0.0708. The molecule has 0 bridgehead atoms. The molecule has 2 aliphatic rings. The monoisotopic (exact) mass is 278 g/mol. The van der Waals surface area contributed by atoms with Crippen molar-refractivity contribution in [1.82, 2.24) is 15.2 Å². The van der Waals surface area contributed by atoms with Crippen molar-refractivity contribution < 1.29 is 13.2 Å². The number of hydrogen-bond acceptors (Lipinski definition) is 4. The van der Waals surface area contributed by atoms with Gasteiger partial charge < -0.3 is 4.90 Å². The molecule has 0 radical (unpaired) electrons. The molecule has 1 fully saturated rings. The molecule has 1 saturated heterocycles. The van der Waals surface area contributed by atoms with Crippen LogP contribution in [0.3, 0.4) is 0 Å². The van der Waals surface area contributed by atoms with Crippen LogP contribution in [0.5, 0.6) is 0 Å². The number of alkyl halides is 3. The minimum atomic E-state index is -4.37. The van der Waals surface area contributed by atoms with Gasteiger partial charge in [0, 0.05) is 19.6 Å². The lowest BCUT2D eigenvalue weighted by Crippen LogP contribution is -2.57. The maximum absolute atomic E-state index is 12.7. The Bertz CT molecular complexity index is 359. The lowest BCUT2D eigenvalue weighted by atomic mass is 9.92. The van der Waals surface area contributed by atoms with Crippen LogP contribution in [0.4, 0.5) is 13.2 Å². The number of hydrogen-bond donors (Lipinski definition) is 1. The van der Waals surface area contributed by atoms with Crippen molar-refractivity contribution in [3.05, 3.63) is 0 Å². The van der Waals surface area contributed by atoms with Crippen LogP contribution in [-0.2, 0) is 0 Å². The quantitative estimate of drug-likeness (QED) is 0.836. The zero-order valence-electron chi connectivity index (χ0n) is 11.6. The predicted molar refractivity (Wildman–Crippen MR) is 67.6 cm³/mol. The number of rotatable bonds is 2. The second kappa shape index (κ2) is 4.85. The topological polar surface area (TPSA) is 30.9 Å². The van der Waals surface area contributed by atoms with E-state index in [0.29, 0.717) is 19.6 Å². The molecule has 7 heteroatoms. The van der Waals surface area contributed by atoms with Gasteiger partial charge in [-0.1, -0.05) is 20.8 Å². The van der Waals surface area contributed by atoms with E-state index in [0.717, 1.165) is 13.0 Å². The van der Waals surface area contributed by atoms with Crippen LogP contribution in [0.15, 0.2) is 5.10 Å². The highest BCUT2D eigenvalue weighted by Gasteiger charge is 2.47. The van der Waals surface area contributed by atoms with E-state index in [1.807, 2.05) is 0 Å². The van der Waals surface area contributed by atoms with Gasteiger partial charge in [-0.25, -0.2) is 0 Å². The summed E-state index contributed by atoms with van der Waals surface area (Å²) in [5.41, 5.74) is 2.84. The fraction of sp³-hybridized carbons (Fsp3) is 0.917. The molecule has 4 nitrogen and oxygen atoms in total. The molecule has 0 saturated carbocycles. The van der Waals surface area contributed by atoms with E-state index in [1.165, 1.54) is 4.90 Å². The van der Waals surface area contributed by atoms with Gasteiger partial charge in [-0.3, -0.25) is 10.3 Å². The van der Waals surface area contributed by atoms with Crippen LogP contribution in [-0.4, -0.2) is 54.2 Å². The number of halogens is 3. The normalized spacial score (nSPS) is 25.1. The molecule has 0 amide bonds. The van der Waals surface area contributed by atoms with Gasteiger partial charge in [0.2, 0.25) is 5.84 Å². The molecule has 0 aliphatic carbocycles. The maximum atomic E-state index is 12.7. The van der Waals surface area contributed by atoms with Gasteiger partial charge in [-0.2, -0.15) is 18.3 Å². The molecular formula is C12H21F3N4. The Morgan fingerprint density at radius 2 is 1.95 bits per heavy atom. The van der Waals surface area contributed by atoms with Crippen LogP contribution in [0.2, 0.25) is 0 Å². The number of nitrogens with zero attached hydrogens (tertiary/aromatic N) is 3. The van der Waals surface area contributed by atoms with E-state index < -0.39 is 12.0 Å². The fourth-order valence-corrected chi connectivity index (χ4v) is 2.33. The Hall–Kier alpha value is -0.980. The summed E-state index contributed by atoms with van der Waals surface area (Å²) in [5.74, 6) is -0.784. The second-order valence-corrected chi connectivity index (χ2v) is 6.38. The standard InChI is InChI=1S/C12H21F3N4/c1-11(2,3)4-5-18-6-7-19-9(8-18)16-17-10(19)12(13,14)15/h9,16H,4-8H2,1-3H3. The van der Waals surface area contributed by atoms with Crippen molar-refractivity contribution in [3.8, 4) is 0 Å². The maximum Gasteiger partial charge on any atom is 0.451 e. The highest BCUT2D eigenvalue weighted by molar-refractivity contribution is 5.88. The van der Waals surface area contributed by atoms with E-state index >= 15 is 0 Å².